The Hall–Kier alpha value is -1.15. The van der Waals surface area contributed by atoms with Crippen molar-refractivity contribution in [2.24, 2.45) is 0 Å². The number of ether oxygens (including phenoxy) is 2. The fourth-order valence-corrected chi connectivity index (χ4v) is 10.7. The lowest BCUT2D eigenvalue weighted by Crippen LogP contribution is -2.64. The maximum absolute atomic E-state index is 12.9. The van der Waals surface area contributed by atoms with Crippen molar-refractivity contribution < 1.29 is 63.1 Å². The lowest BCUT2D eigenvalue weighted by molar-refractivity contribution is -0.220. The first-order valence-corrected chi connectivity index (χ1v) is 31.3. The van der Waals surface area contributed by atoms with Gasteiger partial charge >= 0.3 is 19.8 Å². The van der Waals surface area contributed by atoms with Gasteiger partial charge in [0, 0.05) is 12.8 Å². The molecular weight excluding hydrogens is 924 g/mol. The Kier molecular flexibility index (Phi) is 45.2. The topological polar surface area (TPSA) is 210 Å². The molecule has 71 heavy (non-hydrogen) atoms. The quantitative estimate of drug-likeness (QED) is 0.0191. The van der Waals surface area contributed by atoms with Gasteiger partial charge in [0.15, 0.2) is 6.10 Å². The van der Waals surface area contributed by atoms with Gasteiger partial charge in [0.1, 0.15) is 43.2 Å². The molecule has 0 saturated heterocycles. The second-order valence-electron chi connectivity index (χ2n) is 21.2. The summed E-state index contributed by atoms with van der Waals surface area (Å²) >= 11 is 0. The van der Waals surface area contributed by atoms with Gasteiger partial charge in [-0.2, -0.15) is 0 Å². The van der Waals surface area contributed by atoms with Gasteiger partial charge < -0.3 is 39.9 Å². The predicted octanol–water partition coefficient (Wildman–Crippen LogP) is 14.0. The summed E-state index contributed by atoms with van der Waals surface area (Å²) < 4.78 is 33.8. The molecule has 8 atom stereocenters. The van der Waals surface area contributed by atoms with Crippen LogP contribution in [0.25, 0.3) is 0 Å². The zero-order chi connectivity index (χ0) is 52.1. The number of carbonyl (C=O) groups excluding carboxylic acids is 2. The van der Waals surface area contributed by atoms with Crippen molar-refractivity contribution in [1.29, 1.82) is 0 Å². The fourth-order valence-electron chi connectivity index (χ4n) is 9.70. The predicted molar refractivity (Wildman–Crippen MR) is 286 cm³/mol. The highest BCUT2D eigenvalue weighted by molar-refractivity contribution is 7.47. The first-order valence-electron chi connectivity index (χ1n) is 29.8. The minimum absolute atomic E-state index is 0.106. The summed E-state index contributed by atoms with van der Waals surface area (Å²) in [5, 5.41) is 50.4. The normalized spacial score (nSPS) is 20.5. The molecule has 0 bridgehead atoms. The maximum Gasteiger partial charge on any atom is 0.472 e. The third-order valence-electron chi connectivity index (χ3n) is 14.4. The van der Waals surface area contributed by atoms with Crippen LogP contribution < -0.4 is 0 Å². The molecule has 14 heteroatoms. The number of phosphoric ester groups is 1. The van der Waals surface area contributed by atoms with E-state index in [4.69, 9.17) is 18.5 Å². The van der Waals surface area contributed by atoms with Crippen molar-refractivity contribution >= 4 is 19.8 Å². The van der Waals surface area contributed by atoms with E-state index in [1.54, 1.807) is 0 Å². The van der Waals surface area contributed by atoms with Crippen LogP contribution in [0.2, 0.25) is 0 Å². The number of rotatable bonds is 52. The molecule has 1 fully saturated rings. The van der Waals surface area contributed by atoms with E-state index >= 15 is 0 Å². The SMILES string of the molecule is CCCCCCCCCCCCCCCCCCCCCCCCCC(=O)OC[C@@H](COP(=O)(O)OC1C(O)C(O)C(O)[C@H](O)C1O)OC(=O)CCCCCCCCCCCCCCCCCCCCC. The molecule has 6 N–H and O–H groups in total. The van der Waals surface area contributed by atoms with Crippen molar-refractivity contribution in [3.05, 3.63) is 0 Å². The summed E-state index contributed by atoms with van der Waals surface area (Å²) in [6.07, 6.45) is 40.1. The summed E-state index contributed by atoms with van der Waals surface area (Å²) in [7, 11) is -5.12. The van der Waals surface area contributed by atoms with E-state index in [0.717, 1.165) is 38.5 Å². The van der Waals surface area contributed by atoms with Crippen LogP contribution in [0.15, 0.2) is 0 Å². The molecule has 0 aromatic rings. The molecule has 1 rings (SSSR count). The van der Waals surface area contributed by atoms with Crippen molar-refractivity contribution in [2.45, 2.75) is 339 Å². The standard InChI is InChI=1S/C57H111O13P/c1-3-5-7-9-11-13-15-17-19-21-23-24-25-26-28-29-31-33-35-37-39-41-43-45-50(58)67-47-49(48-68-71(65,66)70-57-55(63)53(61)52(60)54(62)56(57)64)69-51(59)46-44-42-40-38-36-34-32-30-27-22-20-18-16-14-12-10-8-6-4-2/h49,52-57,60-64H,3-48H2,1-2H3,(H,65,66)/t49-,52?,53-,54?,55?,56?,57?/m0/s1. The van der Waals surface area contributed by atoms with Crippen molar-refractivity contribution in [2.75, 3.05) is 13.2 Å². The molecule has 1 aliphatic carbocycles. The Balaban J connectivity index is 2.29. The Morgan fingerprint density at radius 3 is 0.930 bits per heavy atom. The first-order chi connectivity index (χ1) is 34.4. The highest BCUT2D eigenvalue weighted by Gasteiger charge is 2.51. The number of esters is 2. The van der Waals surface area contributed by atoms with Crippen molar-refractivity contribution in [3.8, 4) is 0 Å². The third kappa shape index (κ3) is 39.0. The molecule has 0 heterocycles. The number of aliphatic hydroxyl groups excluding tert-OH is 5. The lowest BCUT2D eigenvalue weighted by Gasteiger charge is -2.41. The number of hydrogen-bond donors (Lipinski definition) is 6. The summed E-state index contributed by atoms with van der Waals surface area (Å²) in [6, 6.07) is 0. The Labute approximate surface area is 433 Å². The van der Waals surface area contributed by atoms with Gasteiger partial charge in [-0.25, -0.2) is 4.57 Å². The number of hydrogen-bond acceptors (Lipinski definition) is 12. The van der Waals surface area contributed by atoms with Gasteiger partial charge in [-0.1, -0.05) is 271 Å². The van der Waals surface area contributed by atoms with Crippen LogP contribution in [0, 0.1) is 0 Å². The van der Waals surface area contributed by atoms with Crippen LogP contribution in [-0.2, 0) is 32.7 Å². The maximum atomic E-state index is 12.9. The van der Waals surface area contributed by atoms with E-state index in [1.165, 1.54) is 218 Å². The number of phosphoric acid groups is 1. The largest absolute Gasteiger partial charge is 0.472 e. The van der Waals surface area contributed by atoms with Crippen LogP contribution in [-0.4, -0.2) is 98.3 Å². The van der Waals surface area contributed by atoms with Crippen LogP contribution in [0.5, 0.6) is 0 Å². The average Bonchev–Trinajstić information content (AvgIpc) is 3.35. The molecule has 1 saturated carbocycles. The number of unbranched alkanes of at least 4 members (excludes halogenated alkanes) is 40. The highest BCUT2D eigenvalue weighted by atomic mass is 31.2. The first kappa shape index (κ1) is 67.9. The monoisotopic (exact) mass is 1030 g/mol. The average molecular weight is 1040 g/mol. The van der Waals surface area contributed by atoms with E-state index in [1.807, 2.05) is 0 Å². The minimum atomic E-state index is -5.12. The van der Waals surface area contributed by atoms with E-state index < -0.39 is 75.7 Å². The zero-order valence-corrected chi connectivity index (χ0v) is 46.5. The Morgan fingerprint density at radius 1 is 0.380 bits per heavy atom. The second kappa shape index (κ2) is 47.3. The second-order valence-corrected chi connectivity index (χ2v) is 22.6. The van der Waals surface area contributed by atoms with E-state index in [-0.39, 0.29) is 12.8 Å². The highest BCUT2D eigenvalue weighted by Crippen LogP contribution is 2.47. The van der Waals surface area contributed by atoms with Crippen LogP contribution in [0.4, 0.5) is 0 Å². The molecule has 1 aliphatic rings. The summed E-state index contributed by atoms with van der Waals surface area (Å²) in [4.78, 5) is 36.0. The molecule has 0 aromatic carbocycles. The van der Waals surface area contributed by atoms with Gasteiger partial charge in [-0.05, 0) is 12.8 Å². The van der Waals surface area contributed by atoms with E-state index in [2.05, 4.69) is 13.8 Å². The van der Waals surface area contributed by atoms with Crippen LogP contribution in [0.3, 0.4) is 0 Å². The van der Waals surface area contributed by atoms with E-state index in [9.17, 15) is 44.6 Å². The van der Waals surface area contributed by atoms with Gasteiger partial charge in [0.05, 0.1) is 6.61 Å². The summed E-state index contributed by atoms with van der Waals surface area (Å²) in [6.45, 7) is 3.38. The fraction of sp³-hybridized carbons (Fsp3) is 0.965. The van der Waals surface area contributed by atoms with Gasteiger partial charge in [-0.15, -0.1) is 0 Å². The van der Waals surface area contributed by atoms with Gasteiger partial charge in [0.2, 0.25) is 0 Å². The number of aliphatic hydroxyl groups is 5. The Bertz CT molecular complexity index is 1240. The van der Waals surface area contributed by atoms with Crippen LogP contribution >= 0.6 is 7.82 Å². The van der Waals surface area contributed by atoms with E-state index in [0.29, 0.717) is 12.8 Å². The molecule has 0 radical (unpaired) electrons. The van der Waals surface area contributed by atoms with Crippen molar-refractivity contribution in [3.63, 3.8) is 0 Å². The zero-order valence-electron chi connectivity index (χ0n) is 45.6. The molecule has 6 unspecified atom stereocenters. The minimum Gasteiger partial charge on any atom is -0.462 e. The van der Waals surface area contributed by atoms with Gasteiger partial charge in [0.25, 0.3) is 0 Å². The smallest absolute Gasteiger partial charge is 0.462 e. The molecular formula is C57H111O13P. The molecule has 0 aromatic heterocycles. The van der Waals surface area contributed by atoms with Crippen molar-refractivity contribution in [1.82, 2.24) is 0 Å². The molecule has 0 amide bonds. The molecule has 13 nitrogen and oxygen atoms in total. The Morgan fingerprint density at radius 2 is 0.634 bits per heavy atom. The molecule has 0 aliphatic heterocycles. The molecule has 0 spiro atoms. The lowest BCUT2D eigenvalue weighted by atomic mass is 9.85. The summed E-state index contributed by atoms with van der Waals surface area (Å²) in [5.74, 6) is -1.07. The van der Waals surface area contributed by atoms with Gasteiger partial charge in [-0.3, -0.25) is 18.6 Å². The third-order valence-corrected chi connectivity index (χ3v) is 15.4. The van der Waals surface area contributed by atoms with Crippen LogP contribution in [0.1, 0.15) is 296 Å². The summed E-state index contributed by atoms with van der Waals surface area (Å²) in [5.41, 5.74) is 0. The number of carbonyl (C=O) groups is 2. The molecule has 422 valence electrons.